The maximum Gasteiger partial charge on any atom is 0.196 e. The Morgan fingerprint density at radius 2 is 1.85 bits per heavy atom. The lowest BCUT2D eigenvalue weighted by Gasteiger charge is -2.11. The zero-order chi connectivity index (χ0) is 14.5. The highest BCUT2D eigenvalue weighted by molar-refractivity contribution is 6.11. The van der Waals surface area contributed by atoms with E-state index in [4.69, 9.17) is 4.74 Å². The Kier molecular flexibility index (Phi) is 4.20. The summed E-state index contributed by atoms with van der Waals surface area (Å²) in [6, 6.07) is 12.1. The quantitative estimate of drug-likeness (QED) is 0.861. The number of ether oxygens (including phenoxy) is 1. The molecule has 0 heterocycles. The van der Waals surface area contributed by atoms with Crippen LogP contribution in [0.4, 0.5) is 0 Å². The minimum Gasteiger partial charge on any atom is -0.506 e. The summed E-state index contributed by atoms with van der Waals surface area (Å²) in [7, 11) is 1.53. The molecule has 0 aliphatic rings. The van der Waals surface area contributed by atoms with Gasteiger partial charge in [-0.1, -0.05) is 42.5 Å². The van der Waals surface area contributed by atoms with Crippen LogP contribution in [0.25, 0.3) is 6.08 Å². The predicted molar refractivity (Wildman–Crippen MR) is 79.2 cm³/mol. The third-order valence-corrected chi connectivity index (χ3v) is 3.01. The van der Waals surface area contributed by atoms with E-state index in [1.807, 2.05) is 13.0 Å². The number of allylic oxidation sites excluding steroid dienone is 1. The van der Waals surface area contributed by atoms with Crippen LogP contribution in [0.15, 0.2) is 48.5 Å². The average molecular weight is 268 g/mol. The Balaban J connectivity index is 2.53. The highest BCUT2D eigenvalue weighted by atomic mass is 16.5. The van der Waals surface area contributed by atoms with E-state index in [-0.39, 0.29) is 17.1 Å². The van der Waals surface area contributed by atoms with Crippen LogP contribution >= 0.6 is 0 Å². The molecule has 20 heavy (non-hydrogen) atoms. The van der Waals surface area contributed by atoms with Gasteiger partial charge in [0.05, 0.1) is 18.2 Å². The Labute approximate surface area is 118 Å². The van der Waals surface area contributed by atoms with Crippen molar-refractivity contribution in [2.45, 2.75) is 6.92 Å². The molecule has 1 N–H and O–H groups in total. The van der Waals surface area contributed by atoms with Gasteiger partial charge in [0.1, 0.15) is 11.5 Å². The first-order valence-corrected chi connectivity index (χ1v) is 6.31. The third-order valence-electron chi connectivity index (χ3n) is 3.01. The molecule has 0 amide bonds. The molecule has 102 valence electrons. The summed E-state index contributed by atoms with van der Waals surface area (Å²) >= 11 is 0. The zero-order valence-corrected chi connectivity index (χ0v) is 11.5. The molecule has 0 aliphatic carbocycles. The highest BCUT2D eigenvalue weighted by Gasteiger charge is 2.17. The smallest absolute Gasteiger partial charge is 0.196 e. The van der Waals surface area contributed by atoms with Crippen LogP contribution in [0.2, 0.25) is 0 Å². The summed E-state index contributed by atoms with van der Waals surface area (Å²) in [6.45, 7) is 1.84. The fraction of sp³-hybridized carbons (Fsp3) is 0.118. The summed E-state index contributed by atoms with van der Waals surface area (Å²) in [4.78, 5) is 12.4. The number of hydrogen-bond acceptors (Lipinski definition) is 3. The van der Waals surface area contributed by atoms with Crippen molar-refractivity contribution >= 4 is 11.9 Å². The summed E-state index contributed by atoms with van der Waals surface area (Å²) in [6.07, 6.45) is 3.50. The molecule has 0 atom stereocenters. The maximum atomic E-state index is 12.4. The van der Waals surface area contributed by atoms with Crippen LogP contribution in [0.5, 0.6) is 11.5 Å². The van der Waals surface area contributed by atoms with Crippen molar-refractivity contribution in [2.75, 3.05) is 7.11 Å². The first kappa shape index (κ1) is 13.9. The molecule has 0 unspecified atom stereocenters. The molecule has 2 rings (SSSR count). The molecule has 0 aliphatic heterocycles. The van der Waals surface area contributed by atoms with Crippen molar-refractivity contribution in [1.82, 2.24) is 0 Å². The average Bonchev–Trinajstić information content (AvgIpc) is 2.49. The van der Waals surface area contributed by atoms with Crippen molar-refractivity contribution in [3.8, 4) is 11.5 Å². The topological polar surface area (TPSA) is 46.5 Å². The van der Waals surface area contributed by atoms with Gasteiger partial charge in [-0.25, -0.2) is 0 Å². The van der Waals surface area contributed by atoms with Gasteiger partial charge in [0.25, 0.3) is 0 Å². The monoisotopic (exact) mass is 268 g/mol. The standard InChI is InChI=1S/C17H16O3/c1-3-7-13-15(20-2)11-10-14(17(13)19)16(18)12-8-5-4-6-9-12/h3-11,19H,1-2H3. The second kappa shape index (κ2) is 6.06. The molecule has 0 radical (unpaired) electrons. The first-order valence-electron chi connectivity index (χ1n) is 6.31. The number of phenolic OH excluding ortho intramolecular Hbond substituents is 1. The van der Waals surface area contributed by atoms with Crippen LogP contribution < -0.4 is 4.74 Å². The lowest BCUT2D eigenvalue weighted by atomic mass is 9.99. The fourth-order valence-corrected chi connectivity index (χ4v) is 2.02. The number of phenols is 1. The second-order valence-electron chi connectivity index (χ2n) is 4.27. The Morgan fingerprint density at radius 1 is 1.15 bits per heavy atom. The Hall–Kier alpha value is -2.55. The number of ketones is 1. The molecule has 0 saturated carbocycles. The summed E-state index contributed by atoms with van der Waals surface area (Å²) in [5.41, 5.74) is 1.32. The van der Waals surface area contributed by atoms with Crippen molar-refractivity contribution in [1.29, 1.82) is 0 Å². The van der Waals surface area contributed by atoms with Gasteiger partial charge >= 0.3 is 0 Å². The molecular weight excluding hydrogens is 252 g/mol. The summed E-state index contributed by atoms with van der Waals surface area (Å²) in [5, 5.41) is 10.3. The third kappa shape index (κ3) is 2.57. The number of hydrogen-bond donors (Lipinski definition) is 1. The van der Waals surface area contributed by atoms with E-state index < -0.39 is 0 Å². The van der Waals surface area contributed by atoms with Crippen LogP contribution in [0.3, 0.4) is 0 Å². The number of carbonyl (C=O) groups is 1. The van der Waals surface area contributed by atoms with Gasteiger partial charge in [0.2, 0.25) is 0 Å². The highest BCUT2D eigenvalue weighted by Crippen LogP contribution is 2.33. The number of rotatable bonds is 4. The Bertz CT molecular complexity index is 643. The first-order chi connectivity index (χ1) is 9.69. The van der Waals surface area contributed by atoms with Gasteiger partial charge in [-0.05, 0) is 19.1 Å². The number of benzene rings is 2. The van der Waals surface area contributed by atoms with Gasteiger partial charge < -0.3 is 9.84 Å². The van der Waals surface area contributed by atoms with E-state index in [1.165, 1.54) is 7.11 Å². The minimum absolute atomic E-state index is 0.0590. The largest absolute Gasteiger partial charge is 0.506 e. The molecule has 0 fully saturated rings. The van der Waals surface area contributed by atoms with Gasteiger partial charge in [0.15, 0.2) is 5.78 Å². The predicted octanol–water partition coefficient (Wildman–Crippen LogP) is 3.66. The lowest BCUT2D eigenvalue weighted by Crippen LogP contribution is -2.03. The molecule has 2 aromatic rings. The molecule has 2 aromatic carbocycles. The van der Waals surface area contributed by atoms with Gasteiger partial charge in [-0.2, -0.15) is 0 Å². The van der Waals surface area contributed by atoms with E-state index >= 15 is 0 Å². The van der Waals surface area contributed by atoms with Crippen LogP contribution in [-0.4, -0.2) is 18.0 Å². The van der Waals surface area contributed by atoms with Gasteiger partial charge in [-0.15, -0.1) is 0 Å². The van der Waals surface area contributed by atoms with Gasteiger partial charge in [0, 0.05) is 5.56 Å². The molecule has 3 heteroatoms. The van der Waals surface area contributed by atoms with E-state index in [0.29, 0.717) is 16.9 Å². The maximum absolute atomic E-state index is 12.4. The van der Waals surface area contributed by atoms with Crippen LogP contribution in [0, 0.1) is 0 Å². The number of carbonyl (C=O) groups excluding carboxylic acids is 1. The molecule has 0 saturated heterocycles. The van der Waals surface area contributed by atoms with Crippen LogP contribution in [-0.2, 0) is 0 Å². The summed E-state index contributed by atoms with van der Waals surface area (Å²) in [5.74, 6) is 0.262. The van der Waals surface area contributed by atoms with E-state index in [2.05, 4.69) is 0 Å². The molecule has 0 spiro atoms. The van der Waals surface area contributed by atoms with E-state index in [1.54, 1.807) is 48.6 Å². The minimum atomic E-state index is -0.212. The number of aromatic hydroxyl groups is 1. The SMILES string of the molecule is CC=Cc1c(OC)ccc(C(=O)c2ccccc2)c1O. The number of methoxy groups -OCH3 is 1. The van der Waals surface area contributed by atoms with E-state index in [0.717, 1.165) is 0 Å². The molecule has 0 aromatic heterocycles. The molecule has 0 bridgehead atoms. The van der Waals surface area contributed by atoms with Crippen molar-refractivity contribution in [2.24, 2.45) is 0 Å². The molecular formula is C17H16O3. The van der Waals surface area contributed by atoms with Crippen molar-refractivity contribution in [3.05, 3.63) is 65.2 Å². The van der Waals surface area contributed by atoms with Crippen LogP contribution in [0.1, 0.15) is 28.4 Å². The van der Waals surface area contributed by atoms with Crippen molar-refractivity contribution < 1.29 is 14.6 Å². The lowest BCUT2D eigenvalue weighted by molar-refractivity contribution is 0.103. The Morgan fingerprint density at radius 3 is 2.45 bits per heavy atom. The molecule has 3 nitrogen and oxygen atoms in total. The summed E-state index contributed by atoms with van der Waals surface area (Å²) < 4.78 is 5.20. The zero-order valence-electron chi connectivity index (χ0n) is 11.5. The normalized spacial score (nSPS) is 10.7. The fourth-order valence-electron chi connectivity index (χ4n) is 2.02. The van der Waals surface area contributed by atoms with E-state index in [9.17, 15) is 9.90 Å². The van der Waals surface area contributed by atoms with Crippen molar-refractivity contribution in [3.63, 3.8) is 0 Å². The second-order valence-corrected chi connectivity index (χ2v) is 4.27. The van der Waals surface area contributed by atoms with Gasteiger partial charge in [-0.3, -0.25) is 4.79 Å².